The maximum Gasteiger partial charge on any atom is 0.191 e. The minimum absolute atomic E-state index is 0. The molecule has 0 amide bonds. The first-order valence-corrected chi connectivity index (χ1v) is 8.16. The van der Waals surface area contributed by atoms with Crippen molar-refractivity contribution in [2.75, 3.05) is 34.8 Å². The zero-order chi connectivity index (χ0) is 17.4. The van der Waals surface area contributed by atoms with Crippen molar-refractivity contribution in [3.63, 3.8) is 0 Å². The fourth-order valence-electron chi connectivity index (χ4n) is 2.19. The number of ether oxygens (including phenoxy) is 1. The molecular formula is C18H33IN4O. The summed E-state index contributed by atoms with van der Waals surface area (Å²) in [5.41, 5.74) is 1.25. The summed E-state index contributed by atoms with van der Waals surface area (Å²) in [4.78, 5) is 6.52. The van der Waals surface area contributed by atoms with Crippen LogP contribution in [0.15, 0.2) is 29.3 Å². The van der Waals surface area contributed by atoms with Crippen molar-refractivity contribution in [1.29, 1.82) is 0 Å². The van der Waals surface area contributed by atoms with E-state index in [0.29, 0.717) is 12.0 Å². The molecule has 0 aliphatic heterocycles. The number of likely N-dealkylation sites (N-methyl/N-ethyl adjacent to an activating group) is 1. The SMILES string of the molecule is CN=C(NCC(c1ccc(OC)cc1)N(C)C)NC(C)C(C)C.I. The molecule has 5 nitrogen and oxygen atoms in total. The Kier molecular flexibility index (Phi) is 11.0. The summed E-state index contributed by atoms with van der Waals surface area (Å²) < 4.78 is 5.23. The van der Waals surface area contributed by atoms with E-state index in [9.17, 15) is 0 Å². The van der Waals surface area contributed by atoms with Gasteiger partial charge in [-0.05, 0) is 44.6 Å². The average molecular weight is 448 g/mol. The fraction of sp³-hybridized carbons (Fsp3) is 0.611. The van der Waals surface area contributed by atoms with E-state index < -0.39 is 0 Å². The molecule has 2 atom stereocenters. The lowest BCUT2D eigenvalue weighted by atomic mass is 10.1. The second-order valence-electron chi connectivity index (χ2n) is 6.38. The zero-order valence-electron chi connectivity index (χ0n) is 16.0. The van der Waals surface area contributed by atoms with Crippen molar-refractivity contribution >= 4 is 29.9 Å². The average Bonchev–Trinajstić information content (AvgIpc) is 2.53. The van der Waals surface area contributed by atoms with E-state index in [2.05, 4.69) is 67.5 Å². The van der Waals surface area contributed by atoms with Gasteiger partial charge < -0.3 is 20.3 Å². The molecule has 2 unspecified atom stereocenters. The fourth-order valence-corrected chi connectivity index (χ4v) is 2.19. The Morgan fingerprint density at radius 3 is 2.17 bits per heavy atom. The highest BCUT2D eigenvalue weighted by molar-refractivity contribution is 14.0. The van der Waals surface area contributed by atoms with Gasteiger partial charge in [0.15, 0.2) is 5.96 Å². The summed E-state index contributed by atoms with van der Waals surface area (Å²) in [6.07, 6.45) is 0. The summed E-state index contributed by atoms with van der Waals surface area (Å²) >= 11 is 0. The third kappa shape index (κ3) is 7.25. The van der Waals surface area contributed by atoms with E-state index in [0.717, 1.165) is 18.3 Å². The molecular weight excluding hydrogens is 415 g/mol. The number of benzene rings is 1. The molecule has 0 aromatic heterocycles. The molecule has 6 heteroatoms. The Labute approximate surface area is 164 Å². The maximum atomic E-state index is 5.23. The summed E-state index contributed by atoms with van der Waals surface area (Å²) in [5, 5.41) is 6.86. The van der Waals surface area contributed by atoms with Crippen molar-refractivity contribution in [1.82, 2.24) is 15.5 Å². The quantitative estimate of drug-likeness (QED) is 0.383. The first-order chi connectivity index (χ1) is 10.9. The van der Waals surface area contributed by atoms with Crippen molar-refractivity contribution in [2.45, 2.75) is 32.9 Å². The van der Waals surface area contributed by atoms with Crippen LogP contribution >= 0.6 is 24.0 Å². The molecule has 0 saturated heterocycles. The Hall–Kier alpha value is -1.02. The van der Waals surface area contributed by atoms with Crippen LogP contribution in [0.3, 0.4) is 0 Å². The number of aliphatic imine (C=N–C) groups is 1. The molecule has 1 aromatic carbocycles. The number of halogens is 1. The van der Waals surface area contributed by atoms with Crippen LogP contribution in [-0.4, -0.2) is 51.7 Å². The summed E-state index contributed by atoms with van der Waals surface area (Å²) in [7, 11) is 7.67. The summed E-state index contributed by atoms with van der Waals surface area (Å²) in [5.74, 6) is 2.27. The van der Waals surface area contributed by atoms with Crippen LogP contribution in [0.4, 0.5) is 0 Å². The van der Waals surface area contributed by atoms with Crippen LogP contribution < -0.4 is 15.4 Å². The minimum atomic E-state index is 0. The summed E-state index contributed by atoms with van der Waals surface area (Å²) in [6, 6.07) is 8.85. The van der Waals surface area contributed by atoms with E-state index in [4.69, 9.17) is 4.74 Å². The largest absolute Gasteiger partial charge is 0.497 e. The van der Waals surface area contributed by atoms with E-state index in [1.807, 2.05) is 12.1 Å². The van der Waals surface area contributed by atoms with E-state index in [1.165, 1.54) is 5.56 Å². The van der Waals surface area contributed by atoms with Crippen LogP contribution in [0.25, 0.3) is 0 Å². The zero-order valence-corrected chi connectivity index (χ0v) is 18.3. The van der Waals surface area contributed by atoms with Crippen LogP contribution in [0.5, 0.6) is 5.75 Å². The molecule has 0 bridgehead atoms. The third-order valence-corrected chi connectivity index (χ3v) is 4.17. The number of hydrogen-bond acceptors (Lipinski definition) is 3. The molecule has 24 heavy (non-hydrogen) atoms. The number of nitrogens with zero attached hydrogens (tertiary/aromatic N) is 2. The lowest BCUT2D eigenvalue weighted by Gasteiger charge is -2.27. The van der Waals surface area contributed by atoms with Gasteiger partial charge in [-0.15, -0.1) is 24.0 Å². The molecule has 138 valence electrons. The smallest absolute Gasteiger partial charge is 0.191 e. The first-order valence-electron chi connectivity index (χ1n) is 8.16. The Bertz CT molecular complexity index is 488. The second kappa shape index (κ2) is 11.5. The number of hydrogen-bond donors (Lipinski definition) is 2. The Balaban J connectivity index is 0.00000529. The Morgan fingerprint density at radius 1 is 1.17 bits per heavy atom. The van der Waals surface area contributed by atoms with Gasteiger partial charge in [-0.25, -0.2) is 0 Å². The predicted octanol–water partition coefficient (Wildman–Crippen LogP) is 3.13. The van der Waals surface area contributed by atoms with Gasteiger partial charge in [0.1, 0.15) is 5.75 Å². The highest BCUT2D eigenvalue weighted by Gasteiger charge is 2.16. The number of guanidine groups is 1. The third-order valence-electron chi connectivity index (χ3n) is 4.17. The van der Waals surface area contributed by atoms with Gasteiger partial charge in [0.25, 0.3) is 0 Å². The molecule has 0 saturated carbocycles. The highest BCUT2D eigenvalue weighted by Crippen LogP contribution is 2.20. The monoisotopic (exact) mass is 448 g/mol. The van der Waals surface area contributed by atoms with Gasteiger partial charge in [0, 0.05) is 19.6 Å². The number of nitrogens with one attached hydrogen (secondary N) is 2. The van der Waals surface area contributed by atoms with Crippen molar-refractivity contribution in [3.05, 3.63) is 29.8 Å². The minimum Gasteiger partial charge on any atom is -0.497 e. The topological polar surface area (TPSA) is 48.9 Å². The van der Waals surface area contributed by atoms with Gasteiger partial charge in [0.2, 0.25) is 0 Å². The molecule has 1 rings (SSSR count). The molecule has 0 heterocycles. The van der Waals surface area contributed by atoms with Crippen LogP contribution in [0, 0.1) is 5.92 Å². The van der Waals surface area contributed by atoms with Crippen LogP contribution in [-0.2, 0) is 0 Å². The van der Waals surface area contributed by atoms with E-state index in [-0.39, 0.29) is 30.0 Å². The normalized spacial score (nSPS) is 14.1. The van der Waals surface area contributed by atoms with Gasteiger partial charge in [-0.3, -0.25) is 4.99 Å². The number of methoxy groups -OCH3 is 1. The first kappa shape index (κ1) is 23.0. The molecule has 0 fully saturated rings. The van der Waals surface area contributed by atoms with Gasteiger partial charge in [-0.2, -0.15) is 0 Å². The molecule has 0 aliphatic rings. The lowest BCUT2D eigenvalue weighted by Crippen LogP contribution is -2.46. The van der Waals surface area contributed by atoms with E-state index in [1.54, 1.807) is 14.2 Å². The number of rotatable bonds is 7. The van der Waals surface area contributed by atoms with Crippen molar-refractivity contribution in [3.8, 4) is 5.75 Å². The highest BCUT2D eigenvalue weighted by atomic mass is 127. The summed E-state index contributed by atoms with van der Waals surface area (Å²) in [6.45, 7) is 7.35. The maximum absolute atomic E-state index is 5.23. The van der Waals surface area contributed by atoms with Crippen molar-refractivity contribution in [2.24, 2.45) is 10.9 Å². The molecule has 0 spiro atoms. The van der Waals surface area contributed by atoms with Gasteiger partial charge in [-0.1, -0.05) is 26.0 Å². The van der Waals surface area contributed by atoms with Crippen molar-refractivity contribution < 1.29 is 4.74 Å². The van der Waals surface area contributed by atoms with Gasteiger partial charge >= 0.3 is 0 Å². The predicted molar refractivity (Wildman–Crippen MR) is 114 cm³/mol. The molecule has 2 N–H and O–H groups in total. The standard InChI is InChI=1S/C18H32N4O.HI/c1-13(2)14(3)21-18(19-4)20-12-17(22(5)6)15-8-10-16(23-7)11-9-15;/h8-11,13-14,17H,12H2,1-7H3,(H2,19,20,21);1H. The Morgan fingerprint density at radius 2 is 1.75 bits per heavy atom. The molecule has 0 aliphatic carbocycles. The molecule has 0 radical (unpaired) electrons. The van der Waals surface area contributed by atoms with Crippen LogP contribution in [0.2, 0.25) is 0 Å². The van der Waals surface area contributed by atoms with E-state index >= 15 is 0 Å². The lowest BCUT2D eigenvalue weighted by molar-refractivity contribution is 0.297. The second-order valence-corrected chi connectivity index (χ2v) is 6.38. The van der Waals surface area contributed by atoms with Crippen LogP contribution in [0.1, 0.15) is 32.4 Å². The molecule has 1 aromatic rings. The van der Waals surface area contributed by atoms with Gasteiger partial charge in [0.05, 0.1) is 13.2 Å².